The van der Waals surface area contributed by atoms with Gasteiger partial charge in [0.15, 0.2) is 0 Å². The summed E-state index contributed by atoms with van der Waals surface area (Å²) in [5.41, 5.74) is 0. The Bertz CT molecular complexity index is 1790. The molecule has 0 aromatic heterocycles. The van der Waals surface area contributed by atoms with Crippen molar-refractivity contribution in [2.45, 2.75) is 663 Å². The average molecular weight is 1640 g/mol. The van der Waals surface area contributed by atoms with E-state index in [4.69, 9.17) is 0 Å². The highest BCUT2D eigenvalue weighted by Gasteiger charge is 2.35. The molecule has 14 atom stereocenters. The van der Waals surface area contributed by atoms with Crippen LogP contribution in [0, 0.1) is 88.8 Å². The van der Waals surface area contributed by atoms with E-state index in [1.165, 1.54) is 488 Å². The van der Waals surface area contributed by atoms with E-state index >= 15 is 0 Å². The molecule has 704 valence electrons. The molecule has 0 nitrogen and oxygen atoms in total. The van der Waals surface area contributed by atoms with E-state index in [1.807, 2.05) is 0 Å². The van der Waals surface area contributed by atoms with Gasteiger partial charge in [-0.3, -0.25) is 0 Å². The summed E-state index contributed by atoms with van der Waals surface area (Å²) in [6.07, 6.45) is 126. The van der Waals surface area contributed by atoms with Crippen molar-refractivity contribution in [2.24, 2.45) is 88.8 Å². The maximum absolute atomic E-state index is 2.50. The molecular formula is C117H236. The van der Waals surface area contributed by atoms with Crippen LogP contribution in [0.15, 0.2) is 0 Å². The predicted molar refractivity (Wildman–Crippen MR) is 541 cm³/mol. The Morgan fingerprint density at radius 1 is 0.171 bits per heavy atom. The fraction of sp³-hybridized carbons (Fsp3) is 1.00. The van der Waals surface area contributed by atoms with Gasteiger partial charge >= 0.3 is 0 Å². The van der Waals surface area contributed by atoms with E-state index in [0.717, 1.165) is 88.8 Å². The van der Waals surface area contributed by atoms with Crippen molar-refractivity contribution >= 4 is 0 Å². The zero-order chi connectivity index (χ0) is 85.8. The second-order valence-electron chi connectivity index (χ2n) is 42.5. The average Bonchev–Trinajstić information content (AvgIpc) is 1.73. The summed E-state index contributed by atoms with van der Waals surface area (Å²) in [4.78, 5) is 0. The predicted octanol–water partition coefficient (Wildman–Crippen LogP) is 43.7. The maximum atomic E-state index is 2.50. The smallest absolute Gasteiger partial charge is 0.0357 e. The number of rotatable bonds is 69. The van der Waals surface area contributed by atoms with Crippen molar-refractivity contribution in [1.29, 1.82) is 0 Å². The minimum absolute atomic E-state index is 1.02. The topological polar surface area (TPSA) is 0 Å². The van der Waals surface area contributed by atoms with Crippen molar-refractivity contribution in [3.63, 3.8) is 0 Å². The molecule has 6 saturated carbocycles. The molecule has 0 aromatic carbocycles. The lowest BCUT2D eigenvalue weighted by atomic mass is 9.78. The minimum atomic E-state index is 1.02. The Labute approximate surface area is 747 Å². The molecule has 0 aliphatic heterocycles. The third-order valence-electron chi connectivity index (χ3n) is 31.6. The van der Waals surface area contributed by atoms with Gasteiger partial charge in [-0.05, 0) is 134 Å². The SMILES string of the molecule is CCCCCC1CCC(C)C1.CCCCCC1CCC(C)C1CCCCC.CCCCCCC1CCC(CCCCC)C1.CCCCCCC1CCC(CCCCC)C1CCCCC.CCCCCCC1CCCC1.CCCCCCC1CCCC1CCCCC.CCCCCCCC(CCCCC)C(CCCCC)CCCCCCC. The summed E-state index contributed by atoms with van der Waals surface area (Å²) < 4.78 is 0. The van der Waals surface area contributed by atoms with Crippen LogP contribution in [0.4, 0.5) is 0 Å². The second kappa shape index (κ2) is 90.8. The van der Waals surface area contributed by atoms with Crippen LogP contribution in [0.5, 0.6) is 0 Å². The van der Waals surface area contributed by atoms with Gasteiger partial charge < -0.3 is 0 Å². The van der Waals surface area contributed by atoms with Crippen molar-refractivity contribution in [1.82, 2.24) is 0 Å². The normalized spacial score (nSPS) is 23.4. The van der Waals surface area contributed by atoms with Gasteiger partial charge in [-0.1, -0.05) is 619 Å². The quantitative estimate of drug-likeness (QED) is 0.0533. The van der Waals surface area contributed by atoms with Crippen molar-refractivity contribution in [2.75, 3.05) is 0 Å². The van der Waals surface area contributed by atoms with Gasteiger partial charge in [0.25, 0.3) is 0 Å². The van der Waals surface area contributed by atoms with Crippen LogP contribution in [0.25, 0.3) is 0 Å². The zero-order valence-corrected chi connectivity index (χ0v) is 85.8. The van der Waals surface area contributed by atoms with E-state index in [2.05, 4.69) is 118 Å². The number of hydrogen-bond donors (Lipinski definition) is 0. The molecule has 0 heterocycles. The van der Waals surface area contributed by atoms with Crippen LogP contribution in [0.1, 0.15) is 663 Å². The van der Waals surface area contributed by atoms with Gasteiger partial charge in [0.1, 0.15) is 0 Å². The summed E-state index contributed by atoms with van der Waals surface area (Å²) in [6, 6.07) is 0. The standard InChI is InChI=1S/C26H54.C21H42.3C16H32.2C11H22/c1-5-9-13-15-19-23-25(21-17-11-7-3)26(22-18-12-8-4)24-20-16-14-10-6-2;1-4-7-10-13-15-20-18-17-19(14-11-8-5-2)21(20)16-12-9-6-3;1-4-6-8-10-15-13-12-14(3)16(15)11-9-7-5-2;1-3-5-7-9-12-16-14-10-13-15(16)11-8-6-4-2;1-3-5-7-9-11-16-13-12-15(14-16)10-8-6-4-2;1-3-4-5-6-11-8-7-10(2)9-11;1-2-3-4-5-8-11-9-6-7-10-11/h25-26H,5-24H2,1-4H3;19-21H,4-18H2,1-3H3;14-16H,4-13H2,1-3H3;2*15-16H,3-14H2,1-2H3;10-11H,3-9H2,1-2H3;11H,2-10H2,1H3. The highest BCUT2D eigenvalue weighted by molar-refractivity contribution is 4.86. The molecular weight excluding hydrogens is 1410 g/mol. The van der Waals surface area contributed by atoms with E-state index in [9.17, 15) is 0 Å². The molecule has 14 unspecified atom stereocenters. The monoisotopic (exact) mass is 1640 g/mol. The zero-order valence-electron chi connectivity index (χ0n) is 85.8. The molecule has 6 aliphatic carbocycles. The maximum Gasteiger partial charge on any atom is -0.0357 e. The van der Waals surface area contributed by atoms with Gasteiger partial charge in [0.05, 0.1) is 0 Å². The summed E-state index contributed by atoms with van der Waals surface area (Å²) in [7, 11) is 0. The molecule has 0 spiro atoms. The molecule has 117 heavy (non-hydrogen) atoms. The molecule has 0 N–H and O–H groups in total. The fourth-order valence-electron chi connectivity index (χ4n) is 23.7. The largest absolute Gasteiger partial charge is 0.0654 e. The van der Waals surface area contributed by atoms with Crippen molar-refractivity contribution < 1.29 is 0 Å². The third-order valence-corrected chi connectivity index (χ3v) is 31.6. The highest BCUT2D eigenvalue weighted by atomic mass is 14.4. The second-order valence-corrected chi connectivity index (χ2v) is 42.5. The van der Waals surface area contributed by atoms with Gasteiger partial charge in [0.2, 0.25) is 0 Å². The molecule has 0 heteroatoms. The first-order valence-electron chi connectivity index (χ1n) is 57.4. The highest BCUT2D eigenvalue weighted by Crippen LogP contribution is 2.47. The van der Waals surface area contributed by atoms with Gasteiger partial charge in [0, 0.05) is 0 Å². The van der Waals surface area contributed by atoms with E-state index < -0.39 is 0 Å². The molecule has 6 aliphatic rings. The van der Waals surface area contributed by atoms with Crippen LogP contribution >= 0.6 is 0 Å². The van der Waals surface area contributed by atoms with Crippen LogP contribution in [0.2, 0.25) is 0 Å². The van der Waals surface area contributed by atoms with E-state index in [1.54, 1.807) is 57.8 Å². The molecule has 6 fully saturated rings. The molecule has 0 radical (unpaired) electrons. The molecule has 0 saturated heterocycles. The Kier molecular flexibility index (Phi) is 90.8. The number of hydrogen-bond acceptors (Lipinski definition) is 0. The molecule has 6 rings (SSSR count). The van der Waals surface area contributed by atoms with Crippen molar-refractivity contribution in [3.8, 4) is 0 Å². The Balaban J connectivity index is 0.00000136. The fourth-order valence-corrected chi connectivity index (χ4v) is 23.7. The minimum Gasteiger partial charge on any atom is -0.0654 e. The Morgan fingerprint density at radius 2 is 0.410 bits per heavy atom. The van der Waals surface area contributed by atoms with Gasteiger partial charge in [-0.2, -0.15) is 0 Å². The van der Waals surface area contributed by atoms with Crippen molar-refractivity contribution in [3.05, 3.63) is 0 Å². The van der Waals surface area contributed by atoms with Crippen LogP contribution < -0.4 is 0 Å². The first-order valence-corrected chi connectivity index (χ1v) is 57.4. The summed E-state index contributed by atoms with van der Waals surface area (Å²) in [5, 5.41) is 0. The van der Waals surface area contributed by atoms with Gasteiger partial charge in [-0.25, -0.2) is 0 Å². The number of unbranched alkanes of at least 4 members (excludes halogenated alkanes) is 38. The Hall–Kier alpha value is 0. The van der Waals surface area contributed by atoms with Gasteiger partial charge in [-0.15, -0.1) is 0 Å². The van der Waals surface area contributed by atoms with E-state index in [0.29, 0.717) is 0 Å². The first-order chi connectivity index (χ1) is 57.4. The third kappa shape index (κ3) is 68.8. The van der Waals surface area contributed by atoms with Crippen LogP contribution in [-0.4, -0.2) is 0 Å². The van der Waals surface area contributed by atoms with Crippen LogP contribution in [-0.2, 0) is 0 Å². The lowest BCUT2D eigenvalue weighted by Crippen LogP contribution is -2.16. The summed E-state index contributed by atoms with van der Waals surface area (Å²) >= 11 is 0. The molecule has 0 bridgehead atoms. The summed E-state index contributed by atoms with van der Waals surface area (Å²) in [6.45, 7) is 39.7. The molecule has 0 aromatic rings. The van der Waals surface area contributed by atoms with E-state index in [-0.39, 0.29) is 0 Å². The lowest BCUT2D eigenvalue weighted by molar-refractivity contribution is 0.237. The lowest BCUT2D eigenvalue weighted by Gasteiger charge is -2.28. The first kappa shape index (κ1) is 117. The molecule has 0 amide bonds. The Morgan fingerprint density at radius 3 is 0.761 bits per heavy atom. The van der Waals surface area contributed by atoms with Crippen LogP contribution in [0.3, 0.4) is 0 Å². The summed E-state index contributed by atoms with van der Waals surface area (Å²) in [5.74, 6) is 16.2.